The van der Waals surface area contributed by atoms with E-state index in [0.717, 1.165) is 0 Å². The average Bonchev–Trinajstić information content (AvgIpc) is 2.56. The van der Waals surface area contributed by atoms with Gasteiger partial charge in [-0.05, 0) is 20.3 Å². The Bertz CT molecular complexity index is 464. The molecule has 1 heterocycles. The van der Waals surface area contributed by atoms with Crippen molar-refractivity contribution in [3.8, 4) is 0 Å². The summed E-state index contributed by atoms with van der Waals surface area (Å²) in [6.45, 7) is 5.32. The first-order valence-electron chi connectivity index (χ1n) is 5.70. The van der Waals surface area contributed by atoms with Crippen LogP contribution < -0.4 is 16.8 Å². The molecular weight excluding hydrogens is 234 g/mol. The highest BCUT2D eigenvalue weighted by molar-refractivity contribution is 5.98. The summed E-state index contributed by atoms with van der Waals surface area (Å²) in [6.07, 6.45) is 0.709. The molecule has 0 fully saturated rings. The van der Waals surface area contributed by atoms with Crippen LogP contribution in [-0.4, -0.2) is 27.6 Å². The Balaban J connectivity index is 2.82. The molecule has 2 amide bonds. The number of carbonyl (C=O) groups is 2. The van der Waals surface area contributed by atoms with Gasteiger partial charge < -0.3 is 16.8 Å². The number of rotatable bonds is 5. The molecule has 1 rings (SSSR count). The molecule has 0 aromatic carbocycles. The molecule has 1 aromatic heterocycles. The number of amides is 2. The van der Waals surface area contributed by atoms with Crippen LogP contribution in [0.5, 0.6) is 0 Å². The van der Waals surface area contributed by atoms with E-state index in [1.54, 1.807) is 13.8 Å². The molecule has 0 aliphatic heterocycles. The predicted octanol–water partition coefficient (Wildman–Crippen LogP) is -0.0619. The second kappa shape index (κ2) is 5.07. The van der Waals surface area contributed by atoms with Gasteiger partial charge in [0.1, 0.15) is 0 Å². The lowest BCUT2D eigenvalue weighted by atomic mass is 10.00. The summed E-state index contributed by atoms with van der Waals surface area (Å²) in [5, 5.41) is 9.26. The fraction of sp³-hybridized carbons (Fsp3) is 0.545. The quantitative estimate of drug-likeness (QED) is 0.586. The third kappa shape index (κ3) is 3.22. The van der Waals surface area contributed by atoms with E-state index in [4.69, 9.17) is 11.5 Å². The molecule has 0 aliphatic rings. The van der Waals surface area contributed by atoms with Crippen molar-refractivity contribution in [3.05, 3.63) is 11.4 Å². The molecule has 18 heavy (non-hydrogen) atoms. The number of anilines is 1. The Labute approximate surface area is 105 Å². The topological polar surface area (TPSA) is 127 Å². The van der Waals surface area contributed by atoms with Crippen molar-refractivity contribution < 1.29 is 9.59 Å². The molecule has 0 radical (unpaired) electrons. The highest BCUT2D eigenvalue weighted by Crippen LogP contribution is 2.16. The summed E-state index contributed by atoms with van der Waals surface area (Å²) < 4.78 is 0. The molecular formula is C11H19N5O2. The molecule has 1 aromatic rings. The fourth-order valence-electron chi connectivity index (χ4n) is 1.68. The Morgan fingerprint density at radius 3 is 2.50 bits per heavy atom. The number of aromatic nitrogens is 2. The number of nitrogen functional groups attached to an aromatic ring is 1. The normalized spacial score (nSPS) is 11.3. The van der Waals surface area contributed by atoms with Gasteiger partial charge in [-0.25, -0.2) is 0 Å². The van der Waals surface area contributed by atoms with Gasteiger partial charge in [0.05, 0.1) is 11.4 Å². The van der Waals surface area contributed by atoms with Crippen LogP contribution in [0, 0.1) is 0 Å². The zero-order valence-corrected chi connectivity index (χ0v) is 10.8. The number of hydrogen-bond donors (Lipinski definition) is 4. The summed E-state index contributed by atoms with van der Waals surface area (Å²) in [5.41, 5.74) is 11.4. The first kappa shape index (κ1) is 14.0. The maximum absolute atomic E-state index is 12.0. The predicted molar refractivity (Wildman–Crippen MR) is 67.7 cm³/mol. The molecule has 0 aliphatic carbocycles. The summed E-state index contributed by atoms with van der Waals surface area (Å²) >= 11 is 0. The lowest BCUT2D eigenvalue weighted by molar-refractivity contribution is -0.119. The van der Waals surface area contributed by atoms with E-state index in [1.165, 1.54) is 0 Å². The maximum atomic E-state index is 12.0. The monoisotopic (exact) mass is 253 g/mol. The number of hydrogen-bond acceptors (Lipinski definition) is 4. The minimum absolute atomic E-state index is 0.0453. The zero-order valence-electron chi connectivity index (χ0n) is 10.8. The van der Waals surface area contributed by atoms with Crippen molar-refractivity contribution in [1.29, 1.82) is 0 Å². The van der Waals surface area contributed by atoms with Gasteiger partial charge in [0.25, 0.3) is 5.91 Å². The van der Waals surface area contributed by atoms with E-state index in [1.807, 2.05) is 6.92 Å². The lowest BCUT2D eigenvalue weighted by Crippen LogP contribution is -2.46. The third-order valence-electron chi connectivity index (χ3n) is 2.52. The SMILES string of the molecule is CCc1[nH]nc(C(=O)NC(C)(C)CC(N)=O)c1N. The smallest absolute Gasteiger partial charge is 0.274 e. The van der Waals surface area contributed by atoms with Gasteiger partial charge >= 0.3 is 0 Å². The highest BCUT2D eigenvalue weighted by Gasteiger charge is 2.26. The Morgan fingerprint density at radius 2 is 2.06 bits per heavy atom. The first-order chi connectivity index (χ1) is 8.26. The van der Waals surface area contributed by atoms with Gasteiger partial charge in [-0.2, -0.15) is 5.10 Å². The van der Waals surface area contributed by atoms with E-state index < -0.39 is 17.4 Å². The van der Waals surface area contributed by atoms with Crippen LogP contribution >= 0.6 is 0 Å². The van der Waals surface area contributed by atoms with Crippen LogP contribution in [0.25, 0.3) is 0 Å². The van der Waals surface area contributed by atoms with E-state index in [2.05, 4.69) is 15.5 Å². The number of nitrogens with one attached hydrogen (secondary N) is 2. The van der Waals surface area contributed by atoms with Crippen LogP contribution in [0.1, 0.15) is 43.4 Å². The number of nitrogens with two attached hydrogens (primary N) is 2. The average molecular weight is 253 g/mol. The summed E-state index contributed by atoms with van der Waals surface area (Å²) in [7, 11) is 0. The number of nitrogens with zero attached hydrogens (tertiary/aromatic N) is 1. The van der Waals surface area contributed by atoms with Gasteiger partial charge in [-0.15, -0.1) is 0 Å². The molecule has 0 spiro atoms. The molecule has 7 nitrogen and oxygen atoms in total. The minimum Gasteiger partial charge on any atom is -0.395 e. The molecule has 0 unspecified atom stereocenters. The largest absolute Gasteiger partial charge is 0.395 e. The standard InChI is InChI=1S/C11H19N5O2/c1-4-6-8(13)9(16-15-6)10(18)14-11(2,3)5-7(12)17/h4-5,13H2,1-3H3,(H2,12,17)(H,14,18)(H,15,16). The summed E-state index contributed by atoms with van der Waals surface area (Å²) in [4.78, 5) is 22.8. The van der Waals surface area contributed by atoms with Crippen LogP contribution in [0.3, 0.4) is 0 Å². The van der Waals surface area contributed by atoms with E-state index in [-0.39, 0.29) is 12.1 Å². The van der Waals surface area contributed by atoms with Crippen molar-refractivity contribution in [2.75, 3.05) is 5.73 Å². The minimum atomic E-state index is -0.735. The molecule has 0 saturated heterocycles. The summed E-state index contributed by atoms with van der Waals surface area (Å²) in [5.74, 6) is -0.903. The van der Waals surface area contributed by atoms with Crippen molar-refractivity contribution in [3.63, 3.8) is 0 Å². The van der Waals surface area contributed by atoms with Gasteiger partial charge in [-0.1, -0.05) is 6.92 Å². The molecule has 7 heteroatoms. The summed E-state index contributed by atoms with van der Waals surface area (Å²) in [6, 6.07) is 0. The first-order valence-corrected chi connectivity index (χ1v) is 5.70. The van der Waals surface area contributed by atoms with Crippen LogP contribution in [0.2, 0.25) is 0 Å². The number of primary amides is 1. The van der Waals surface area contributed by atoms with E-state index in [9.17, 15) is 9.59 Å². The Hall–Kier alpha value is -2.05. The third-order valence-corrected chi connectivity index (χ3v) is 2.52. The fourth-order valence-corrected chi connectivity index (χ4v) is 1.68. The van der Waals surface area contributed by atoms with E-state index >= 15 is 0 Å². The Morgan fingerprint density at radius 1 is 1.44 bits per heavy atom. The highest BCUT2D eigenvalue weighted by atomic mass is 16.2. The Kier molecular flexibility index (Phi) is 3.95. The number of carbonyl (C=O) groups excluding carboxylic acids is 2. The number of H-pyrrole nitrogens is 1. The van der Waals surface area contributed by atoms with Gasteiger partial charge in [0.2, 0.25) is 5.91 Å². The van der Waals surface area contributed by atoms with Crippen molar-refractivity contribution in [1.82, 2.24) is 15.5 Å². The molecule has 100 valence electrons. The van der Waals surface area contributed by atoms with Gasteiger partial charge in [-0.3, -0.25) is 14.7 Å². The molecule has 6 N–H and O–H groups in total. The van der Waals surface area contributed by atoms with Crippen molar-refractivity contribution in [2.24, 2.45) is 5.73 Å². The van der Waals surface area contributed by atoms with Gasteiger partial charge in [0.15, 0.2) is 5.69 Å². The number of aryl methyl sites for hydroxylation is 1. The second-order valence-electron chi connectivity index (χ2n) is 4.80. The molecule has 0 atom stereocenters. The maximum Gasteiger partial charge on any atom is 0.274 e. The second-order valence-corrected chi connectivity index (χ2v) is 4.80. The van der Waals surface area contributed by atoms with Crippen LogP contribution in [0.15, 0.2) is 0 Å². The molecule has 0 bridgehead atoms. The van der Waals surface area contributed by atoms with Gasteiger partial charge in [0, 0.05) is 12.0 Å². The zero-order chi connectivity index (χ0) is 13.9. The van der Waals surface area contributed by atoms with Crippen LogP contribution in [-0.2, 0) is 11.2 Å². The van der Waals surface area contributed by atoms with Crippen molar-refractivity contribution >= 4 is 17.5 Å². The molecule has 0 saturated carbocycles. The van der Waals surface area contributed by atoms with Crippen LogP contribution in [0.4, 0.5) is 5.69 Å². The number of aromatic amines is 1. The van der Waals surface area contributed by atoms with Crippen molar-refractivity contribution in [2.45, 2.75) is 39.2 Å². The lowest BCUT2D eigenvalue weighted by Gasteiger charge is -2.24. The van der Waals surface area contributed by atoms with E-state index in [0.29, 0.717) is 17.8 Å².